The Labute approximate surface area is 177 Å². The Morgan fingerprint density at radius 3 is 2.40 bits per heavy atom. The molecule has 0 saturated carbocycles. The quantitative estimate of drug-likeness (QED) is 0.576. The van der Waals surface area contributed by atoms with E-state index in [9.17, 15) is 4.79 Å². The molecule has 0 aliphatic carbocycles. The van der Waals surface area contributed by atoms with Gasteiger partial charge >= 0.3 is 0 Å². The van der Waals surface area contributed by atoms with Crippen molar-refractivity contribution in [1.82, 2.24) is 9.78 Å². The van der Waals surface area contributed by atoms with Crippen LogP contribution in [0.15, 0.2) is 42.5 Å². The van der Waals surface area contributed by atoms with Gasteiger partial charge in [-0.2, -0.15) is 5.10 Å². The van der Waals surface area contributed by atoms with Gasteiger partial charge in [0.1, 0.15) is 0 Å². The first-order valence-electron chi connectivity index (χ1n) is 10.2. The van der Waals surface area contributed by atoms with Gasteiger partial charge in [0.15, 0.2) is 11.5 Å². The van der Waals surface area contributed by atoms with Crippen LogP contribution in [0.1, 0.15) is 46.7 Å². The first kappa shape index (κ1) is 21.4. The van der Waals surface area contributed by atoms with Crippen molar-refractivity contribution in [2.75, 3.05) is 18.5 Å². The molecule has 0 saturated heterocycles. The summed E-state index contributed by atoms with van der Waals surface area (Å²) >= 11 is 0. The molecule has 1 amide bonds. The summed E-state index contributed by atoms with van der Waals surface area (Å²) in [7, 11) is 0. The normalized spacial score (nSPS) is 10.7. The van der Waals surface area contributed by atoms with Gasteiger partial charge in [-0.3, -0.25) is 9.48 Å². The number of hydrogen-bond donors (Lipinski definition) is 1. The van der Waals surface area contributed by atoms with Gasteiger partial charge in [0.2, 0.25) is 0 Å². The molecule has 0 aliphatic heterocycles. The molecular weight excluding hydrogens is 378 g/mol. The number of ether oxygens (including phenoxy) is 2. The third-order valence-electron chi connectivity index (χ3n) is 5.01. The second-order valence-corrected chi connectivity index (χ2v) is 7.11. The maximum absolute atomic E-state index is 12.9. The number of anilines is 1. The van der Waals surface area contributed by atoms with Crippen molar-refractivity contribution in [2.45, 2.75) is 41.2 Å². The third kappa shape index (κ3) is 4.64. The summed E-state index contributed by atoms with van der Waals surface area (Å²) in [6, 6.07) is 13.5. The Kier molecular flexibility index (Phi) is 6.77. The first-order chi connectivity index (χ1) is 14.4. The molecule has 0 fully saturated rings. The number of carbonyl (C=O) groups excluding carboxylic acids is 1. The molecule has 2 aromatic carbocycles. The van der Waals surface area contributed by atoms with Crippen LogP contribution >= 0.6 is 0 Å². The van der Waals surface area contributed by atoms with Gasteiger partial charge in [0, 0.05) is 5.56 Å². The number of hydrogen-bond acceptors (Lipinski definition) is 4. The van der Waals surface area contributed by atoms with E-state index < -0.39 is 0 Å². The van der Waals surface area contributed by atoms with E-state index in [0.29, 0.717) is 36.8 Å². The molecule has 0 unspecified atom stereocenters. The highest BCUT2D eigenvalue weighted by Crippen LogP contribution is 2.29. The van der Waals surface area contributed by atoms with Crippen molar-refractivity contribution in [3.8, 4) is 11.5 Å². The SMILES string of the molecule is CCOc1ccc(C(=O)Nc2c(C)nn(Cc3ccccc3C)c2C)cc1OCC. The minimum atomic E-state index is -0.208. The largest absolute Gasteiger partial charge is 0.490 e. The van der Waals surface area contributed by atoms with Crippen LogP contribution in [0, 0.1) is 20.8 Å². The van der Waals surface area contributed by atoms with Gasteiger partial charge in [-0.1, -0.05) is 24.3 Å². The summed E-state index contributed by atoms with van der Waals surface area (Å²) in [6.45, 7) is 11.5. The van der Waals surface area contributed by atoms with Crippen LogP contribution in [0.25, 0.3) is 0 Å². The molecule has 6 heteroatoms. The second-order valence-electron chi connectivity index (χ2n) is 7.11. The van der Waals surface area contributed by atoms with Crippen molar-refractivity contribution in [2.24, 2.45) is 0 Å². The summed E-state index contributed by atoms with van der Waals surface area (Å²) in [5.41, 5.74) is 5.36. The zero-order chi connectivity index (χ0) is 21.7. The first-order valence-corrected chi connectivity index (χ1v) is 10.2. The molecule has 0 aliphatic rings. The molecule has 1 N–H and O–H groups in total. The van der Waals surface area contributed by atoms with Gasteiger partial charge in [-0.15, -0.1) is 0 Å². The van der Waals surface area contributed by atoms with E-state index in [1.807, 2.05) is 44.5 Å². The van der Waals surface area contributed by atoms with Crippen LogP contribution in [-0.4, -0.2) is 28.9 Å². The molecule has 1 aromatic heterocycles. The van der Waals surface area contributed by atoms with E-state index in [-0.39, 0.29) is 5.91 Å². The molecular formula is C24H29N3O3. The van der Waals surface area contributed by atoms with E-state index in [2.05, 4.69) is 29.5 Å². The Balaban J connectivity index is 1.83. The number of benzene rings is 2. The van der Waals surface area contributed by atoms with E-state index in [0.717, 1.165) is 17.1 Å². The lowest BCUT2D eigenvalue weighted by Crippen LogP contribution is -2.14. The van der Waals surface area contributed by atoms with Crippen molar-refractivity contribution in [3.63, 3.8) is 0 Å². The molecule has 0 spiro atoms. The van der Waals surface area contributed by atoms with E-state index in [1.54, 1.807) is 18.2 Å². The molecule has 6 nitrogen and oxygen atoms in total. The van der Waals surface area contributed by atoms with Crippen LogP contribution in [-0.2, 0) is 6.54 Å². The van der Waals surface area contributed by atoms with Crippen LogP contribution in [0.4, 0.5) is 5.69 Å². The van der Waals surface area contributed by atoms with Crippen molar-refractivity contribution < 1.29 is 14.3 Å². The number of nitrogens with zero attached hydrogens (tertiary/aromatic N) is 2. The summed E-state index contributed by atoms with van der Waals surface area (Å²) in [5.74, 6) is 0.991. The van der Waals surface area contributed by atoms with Gasteiger partial charge in [0.05, 0.1) is 36.8 Å². The minimum absolute atomic E-state index is 0.208. The van der Waals surface area contributed by atoms with Crippen molar-refractivity contribution in [1.29, 1.82) is 0 Å². The zero-order valence-corrected chi connectivity index (χ0v) is 18.3. The fourth-order valence-corrected chi connectivity index (χ4v) is 3.36. The maximum Gasteiger partial charge on any atom is 0.255 e. The Morgan fingerprint density at radius 2 is 1.70 bits per heavy atom. The molecule has 1 heterocycles. The summed E-state index contributed by atoms with van der Waals surface area (Å²) in [6.07, 6.45) is 0. The minimum Gasteiger partial charge on any atom is -0.490 e. The molecule has 3 rings (SSSR count). The van der Waals surface area contributed by atoms with Crippen LogP contribution in [0.2, 0.25) is 0 Å². The third-order valence-corrected chi connectivity index (χ3v) is 5.01. The fraction of sp³-hybridized carbons (Fsp3) is 0.333. The Bertz CT molecular complexity index is 1040. The van der Waals surface area contributed by atoms with E-state index in [4.69, 9.17) is 9.47 Å². The molecule has 0 bridgehead atoms. The molecule has 30 heavy (non-hydrogen) atoms. The zero-order valence-electron chi connectivity index (χ0n) is 18.3. The van der Waals surface area contributed by atoms with Crippen LogP contribution in [0.3, 0.4) is 0 Å². The number of carbonyl (C=O) groups is 1. The monoisotopic (exact) mass is 407 g/mol. The number of aryl methyl sites for hydroxylation is 2. The molecule has 0 radical (unpaired) electrons. The average Bonchev–Trinajstić information content (AvgIpc) is 2.98. The lowest BCUT2D eigenvalue weighted by Gasteiger charge is -2.13. The van der Waals surface area contributed by atoms with E-state index >= 15 is 0 Å². The standard InChI is InChI=1S/C24H29N3O3/c1-6-29-21-13-12-19(14-22(21)30-7-2)24(28)25-23-17(4)26-27(18(23)5)15-20-11-9-8-10-16(20)3/h8-14H,6-7,15H2,1-5H3,(H,25,28). The Hall–Kier alpha value is -3.28. The van der Waals surface area contributed by atoms with Crippen molar-refractivity contribution in [3.05, 3.63) is 70.5 Å². The predicted octanol–water partition coefficient (Wildman–Crippen LogP) is 4.91. The highest BCUT2D eigenvalue weighted by Gasteiger charge is 2.17. The summed E-state index contributed by atoms with van der Waals surface area (Å²) < 4.78 is 13.1. The average molecular weight is 408 g/mol. The number of amides is 1. The highest BCUT2D eigenvalue weighted by molar-refractivity contribution is 6.05. The second kappa shape index (κ2) is 9.48. The number of rotatable bonds is 8. The van der Waals surface area contributed by atoms with Gasteiger partial charge in [-0.25, -0.2) is 0 Å². The van der Waals surface area contributed by atoms with Crippen molar-refractivity contribution >= 4 is 11.6 Å². The lowest BCUT2D eigenvalue weighted by molar-refractivity contribution is 0.102. The fourth-order valence-electron chi connectivity index (χ4n) is 3.36. The molecule has 0 atom stereocenters. The highest BCUT2D eigenvalue weighted by atomic mass is 16.5. The summed E-state index contributed by atoms with van der Waals surface area (Å²) in [4.78, 5) is 12.9. The van der Waals surface area contributed by atoms with E-state index in [1.165, 1.54) is 11.1 Å². The lowest BCUT2D eigenvalue weighted by atomic mass is 10.1. The van der Waals surface area contributed by atoms with Gasteiger partial charge in [-0.05, 0) is 63.9 Å². The smallest absolute Gasteiger partial charge is 0.255 e. The van der Waals surface area contributed by atoms with Gasteiger partial charge in [0.25, 0.3) is 5.91 Å². The summed E-state index contributed by atoms with van der Waals surface area (Å²) in [5, 5.41) is 7.65. The predicted molar refractivity (Wildman–Crippen MR) is 119 cm³/mol. The van der Waals surface area contributed by atoms with Crippen LogP contribution in [0.5, 0.6) is 11.5 Å². The molecule has 158 valence electrons. The Morgan fingerprint density at radius 1 is 1.00 bits per heavy atom. The van der Waals surface area contributed by atoms with Gasteiger partial charge < -0.3 is 14.8 Å². The van der Waals surface area contributed by atoms with Crippen LogP contribution < -0.4 is 14.8 Å². The topological polar surface area (TPSA) is 65.4 Å². The molecule has 3 aromatic rings. The number of nitrogens with one attached hydrogen (secondary N) is 1. The maximum atomic E-state index is 12.9. The number of aromatic nitrogens is 2.